The maximum absolute atomic E-state index is 13.4. The second kappa shape index (κ2) is 11.6. The molecule has 52 heavy (non-hydrogen) atoms. The smallest absolute Gasteiger partial charge is 0.197 e. The van der Waals surface area contributed by atoms with Crippen molar-refractivity contribution in [3.8, 4) is 0 Å². The first kappa shape index (κ1) is 32.4. The largest absolute Gasteiger partial charge is 0.288 e. The molecule has 7 heteroatoms. The quantitative estimate of drug-likeness (QED) is 0.155. The van der Waals surface area contributed by atoms with E-state index in [1.165, 1.54) is 74.4 Å². The van der Waals surface area contributed by atoms with E-state index in [1.54, 1.807) is 65.5 Å². The van der Waals surface area contributed by atoms with Crippen molar-refractivity contribution in [3.05, 3.63) is 125 Å². The van der Waals surface area contributed by atoms with Gasteiger partial charge in [-0.05, 0) is 79.2 Å². The first-order chi connectivity index (χ1) is 25.3. The van der Waals surface area contributed by atoms with Crippen molar-refractivity contribution >= 4 is 89.8 Å². The van der Waals surface area contributed by atoms with Crippen LogP contribution in [0.5, 0.6) is 0 Å². The van der Waals surface area contributed by atoms with E-state index in [0.717, 1.165) is 35.4 Å². The first-order valence-electron chi connectivity index (χ1n) is 18.5. The van der Waals surface area contributed by atoms with Gasteiger partial charge in [-0.25, -0.2) is 0 Å². The summed E-state index contributed by atoms with van der Waals surface area (Å²) in [5.41, 5.74) is 8.23. The Morgan fingerprint density at radius 1 is 0.635 bits per heavy atom. The highest BCUT2D eigenvalue weighted by Gasteiger charge is 2.59. The summed E-state index contributed by atoms with van der Waals surface area (Å²) in [6.45, 7) is 5.55. The van der Waals surface area contributed by atoms with Crippen LogP contribution in [0.3, 0.4) is 0 Å². The van der Waals surface area contributed by atoms with Crippen LogP contribution in [-0.2, 0) is 20.4 Å². The van der Waals surface area contributed by atoms with Crippen LogP contribution < -0.4 is 0 Å². The summed E-state index contributed by atoms with van der Waals surface area (Å²) in [6.07, 6.45) is 20.3. The molecule has 0 amide bonds. The number of Topliss-reactive ketones (excluding diaryl/α,β-unsaturated/α-hetero) is 4. The molecule has 0 aliphatic heterocycles. The van der Waals surface area contributed by atoms with Gasteiger partial charge in [-0.2, -0.15) is 0 Å². The van der Waals surface area contributed by atoms with Crippen LogP contribution in [0, 0.1) is 0 Å². The molecular weight excluding hydrogens is 701 g/mol. The molecular formula is C45H36O4S3. The Bertz CT molecular complexity index is 2480. The summed E-state index contributed by atoms with van der Waals surface area (Å²) >= 11 is 5.42. The number of hydrogen-bond acceptors (Lipinski definition) is 7. The predicted molar refractivity (Wildman–Crippen MR) is 213 cm³/mol. The van der Waals surface area contributed by atoms with Gasteiger partial charge in [0.25, 0.3) is 0 Å². The predicted octanol–water partition coefficient (Wildman–Crippen LogP) is 11.4. The van der Waals surface area contributed by atoms with Gasteiger partial charge in [-0.15, -0.1) is 34.0 Å². The van der Waals surface area contributed by atoms with Crippen molar-refractivity contribution in [2.75, 3.05) is 0 Å². The number of carbonyl (C=O) groups excluding carboxylic acids is 4. The number of rotatable bonds is 3. The number of ketones is 4. The SMILES string of the molecule is C=C/C=C1/C(=O)/C(=C/c2cc3sc4c(c3s2)C2(CCCCC2)C2=C4C3(CCCCC3)c3cc(C=C4C(=O)c5ccccc5C4=O)sc32)C(=O)/C1=C/C. The van der Waals surface area contributed by atoms with E-state index < -0.39 is 0 Å². The van der Waals surface area contributed by atoms with E-state index in [1.807, 2.05) is 35.6 Å². The minimum absolute atomic E-state index is 0.0598. The molecule has 3 aromatic heterocycles. The van der Waals surface area contributed by atoms with Crippen LogP contribution in [-0.4, -0.2) is 23.1 Å². The third-order valence-electron chi connectivity index (χ3n) is 12.5. The Morgan fingerprint density at radius 3 is 1.85 bits per heavy atom. The zero-order chi connectivity index (χ0) is 35.5. The van der Waals surface area contributed by atoms with E-state index in [-0.39, 0.29) is 45.1 Å². The van der Waals surface area contributed by atoms with E-state index >= 15 is 0 Å². The van der Waals surface area contributed by atoms with Gasteiger partial charge >= 0.3 is 0 Å². The number of thiophene rings is 3. The molecule has 4 nitrogen and oxygen atoms in total. The van der Waals surface area contributed by atoms with Crippen LogP contribution in [0.4, 0.5) is 0 Å². The molecule has 0 atom stereocenters. The van der Waals surface area contributed by atoms with E-state index in [4.69, 9.17) is 0 Å². The number of carbonyl (C=O) groups is 4. The Labute approximate surface area is 314 Å². The Morgan fingerprint density at radius 2 is 1.21 bits per heavy atom. The summed E-state index contributed by atoms with van der Waals surface area (Å²) in [6, 6.07) is 11.7. The standard InChI is InChI=1S/C45H36O4S3/c1-3-13-27-26(4-2)37(46)30(38(27)47)21-25-23-33-42(51-25)36-43(52-33)35-34(45(36)18-11-6-12-19-45)41-32(44(35)16-9-5-10-17-44)22-24(50-41)20-31-39(48)28-14-7-8-15-29(28)40(31)49/h3-4,7-8,13-15,20-23H,1,5-6,9-12,16-19H2,2H3/b26-4+,27-13+,30-21+. The maximum Gasteiger partial charge on any atom is 0.197 e. The average molecular weight is 737 g/mol. The normalized spacial score (nSPS) is 23.6. The van der Waals surface area contributed by atoms with Gasteiger partial charge in [0.2, 0.25) is 0 Å². The molecule has 3 fully saturated rings. The number of hydrogen-bond donors (Lipinski definition) is 0. The fraction of sp³-hybridized carbons (Fsp3) is 0.289. The molecule has 4 aromatic rings. The molecule has 0 N–H and O–H groups in total. The second-order valence-corrected chi connectivity index (χ2v) is 18.3. The van der Waals surface area contributed by atoms with Gasteiger partial charge in [0.05, 0.1) is 15.8 Å². The van der Waals surface area contributed by atoms with E-state index in [0.29, 0.717) is 22.3 Å². The van der Waals surface area contributed by atoms with Gasteiger partial charge in [-0.3, -0.25) is 19.2 Å². The van der Waals surface area contributed by atoms with Gasteiger partial charge in [0, 0.05) is 57.3 Å². The zero-order valence-electron chi connectivity index (χ0n) is 29.0. The van der Waals surface area contributed by atoms with E-state index in [2.05, 4.69) is 18.7 Å². The molecule has 0 bridgehead atoms. The van der Waals surface area contributed by atoms with Gasteiger partial charge in [-0.1, -0.05) is 87.6 Å². The summed E-state index contributed by atoms with van der Waals surface area (Å²) < 4.78 is 2.55. The maximum atomic E-state index is 13.4. The first-order valence-corrected chi connectivity index (χ1v) is 20.9. The summed E-state index contributed by atoms with van der Waals surface area (Å²) in [7, 11) is 0. The molecule has 258 valence electrons. The van der Waals surface area contributed by atoms with Crippen molar-refractivity contribution in [2.45, 2.75) is 82.0 Å². The summed E-state index contributed by atoms with van der Waals surface area (Å²) in [5, 5.41) is 0. The van der Waals surface area contributed by atoms with Crippen LogP contribution in [0.25, 0.3) is 32.7 Å². The summed E-state index contributed by atoms with van der Waals surface area (Å²) in [5.74, 6) is -0.790. The Hall–Kier alpha value is -4.30. The number of fused-ring (bicyclic) bond motifs is 11. The van der Waals surface area contributed by atoms with Crippen molar-refractivity contribution in [2.24, 2.45) is 0 Å². The molecule has 2 spiro atoms. The van der Waals surface area contributed by atoms with Crippen molar-refractivity contribution in [3.63, 3.8) is 0 Å². The lowest BCUT2D eigenvalue weighted by Crippen LogP contribution is -2.28. The third kappa shape index (κ3) is 4.19. The summed E-state index contributed by atoms with van der Waals surface area (Å²) in [4.78, 5) is 58.4. The van der Waals surface area contributed by atoms with Gasteiger partial charge in [0.1, 0.15) is 0 Å². The van der Waals surface area contributed by atoms with Crippen molar-refractivity contribution in [1.29, 1.82) is 0 Å². The zero-order valence-corrected chi connectivity index (χ0v) is 31.4. The lowest BCUT2D eigenvalue weighted by molar-refractivity contribution is -0.115. The highest BCUT2D eigenvalue weighted by molar-refractivity contribution is 7.29. The highest BCUT2D eigenvalue weighted by atomic mass is 32.1. The average Bonchev–Trinajstić information content (AvgIpc) is 4.00. The second-order valence-electron chi connectivity index (χ2n) is 15.1. The molecule has 1 aromatic carbocycles. The van der Waals surface area contributed by atoms with Gasteiger partial charge < -0.3 is 0 Å². The molecule has 3 saturated carbocycles. The van der Waals surface area contributed by atoms with Crippen LogP contribution >= 0.6 is 34.0 Å². The van der Waals surface area contributed by atoms with Crippen molar-refractivity contribution in [1.82, 2.24) is 0 Å². The lowest BCUT2D eigenvalue weighted by Gasteiger charge is -2.37. The highest BCUT2D eigenvalue weighted by Crippen LogP contribution is 2.72. The number of allylic oxidation sites excluding steroid dienone is 9. The number of benzene rings is 1. The minimum Gasteiger partial charge on any atom is -0.288 e. The molecule has 10 rings (SSSR count). The molecule has 6 aliphatic rings. The van der Waals surface area contributed by atoms with Gasteiger partial charge in [0.15, 0.2) is 23.1 Å². The topological polar surface area (TPSA) is 68.3 Å². The van der Waals surface area contributed by atoms with Crippen LogP contribution in [0.15, 0.2) is 83.5 Å². The monoisotopic (exact) mass is 736 g/mol. The molecule has 0 unspecified atom stereocenters. The van der Waals surface area contributed by atoms with Crippen molar-refractivity contribution < 1.29 is 19.2 Å². The van der Waals surface area contributed by atoms with Crippen LogP contribution in [0.1, 0.15) is 122 Å². The molecule has 0 radical (unpaired) electrons. The minimum atomic E-state index is -0.232. The van der Waals surface area contributed by atoms with Crippen LogP contribution in [0.2, 0.25) is 0 Å². The third-order valence-corrected chi connectivity index (χ3v) is 16.0. The lowest BCUT2D eigenvalue weighted by atomic mass is 9.67. The molecule has 3 heterocycles. The Kier molecular flexibility index (Phi) is 7.22. The fourth-order valence-electron chi connectivity index (χ4n) is 10.4. The Balaban J connectivity index is 1.13. The molecule has 6 aliphatic carbocycles. The molecule has 0 saturated heterocycles. The van der Waals surface area contributed by atoms with E-state index in [9.17, 15) is 19.2 Å². The fourth-order valence-corrected chi connectivity index (χ4v) is 14.7.